The lowest BCUT2D eigenvalue weighted by Crippen LogP contribution is -2.21. The van der Waals surface area contributed by atoms with Crippen LogP contribution >= 0.6 is 0 Å². The van der Waals surface area contributed by atoms with Crippen LogP contribution in [0.15, 0.2) is 36.7 Å². The number of aryl methyl sites for hydroxylation is 2. The van der Waals surface area contributed by atoms with Gasteiger partial charge in [-0.3, -0.25) is 19.0 Å². The van der Waals surface area contributed by atoms with Crippen molar-refractivity contribution in [2.24, 2.45) is 7.05 Å². The first kappa shape index (κ1) is 18.8. The summed E-state index contributed by atoms with van der Waals surface area (Å²) in [5.74, 6) is -0.837. The highest BCUT2D eigenvalue weighted by Gasteiger charge is 2.21. The standard InChI is InChI=1S/C19H19N7O2/c1-4-26-17(19(28)23-15-10-21-25(3)12(15)2)16(11-22-26)24-18(27)14-7-5-6-13(8-14)9-20/h5-8,10-11H,4H2,1-3H3,(H,23,28)(H,24,27). The van der Waals surface area contributed by atoms with Gasteiger partial charge in [0.05, 0.1) is 41.1 Å². The van der Waals surface area contributed by atoms with Gasteiger partial charge in [-0.15, -0.1) is 0 Å². The van der Waals surface area contributed by atoms with Crippen LogP contribution < -0.4 is 10.6 Å². The third-order valence-electron chi connectivity index (χ3n) is 4.34. The highest BCUT2D eigenvalue weighted by atomic mass is 16.2. The van der Waals surface area contributed by atoms with Crippen LogP contribution in [0.4, 0.5) is 11.4 Å². The normalized spacial score (nSPS) is 10.4. The molecule has 3 rings (SSSR count). The molecular formula is C19H19N7O2. The first-order valence-electron chi connectivity index (χ1n) is 8.61. The molecule has 0 aliphatic heterocycles. The maximum absolute atomic E-state index is 12.9. The molecular weight excluding hydrogens is 358 g/mol. The number of rotatable bonds is 5. The zero-order valence-electron chi connectivity index (χ0n) is 15.7. The first-order valence-corrected chi connectivity index (χ1v) is 8.61. The molecule has 0 atom stereocenters. The van der Waals surface area contributed by atoms with E-state index in [-0.39, 0.29) is 11.4 Å². The van der Waals surface area contributed by atoms with E-state index < -0.39 is 11.8 Å². The molecule has 0 radical (unpaired) electrons. The number of anilines is 2. The maximum atomic E-state index is 12.9. The van der Waals surface area contributed by atoms with Gasteiger partial charge in [0.15, 0.2) is 0 Å². The maximum Gasteiger partial charge on any atom is 0.276 e. The predicted molar refractivity (Wildman–Crippen MR) is 103 cm³/mol. The van der Waals surface area contributed by atoms with E-state index in [0.29, 0.717) is 23.4 Å². The number of nitriles is 1. The van der Waals surface area contributed by atoms with Crippen molar-refractivity contribution in [2.75, 3.05) is 10.6 Å². The molecule has 1 aromatic carbocycles. The smallest absolute Gasteiger partial charge is 0.276 e. The number of carbonyl (C=O) groups excluding carboxylic acids is 2. The average molecular weight is 377 g/mol. The Labute approximate surface area is 161 Å². The van der Waals surface area contributed by atoms with E-state index in [1.807, 2.05) is 19.9 Å². The third kappa shape index (κ3) is 3.61. The molecule has 0 aliphatic rings. The van der Waals surface area contributed by atoms with Gasteiger partial charge in [0, 0.05) is 19.2 Å². The molecule has 0 aliphatic carbocycles. The summed E-state index contributed by atoms with van der Waals surface area (Å²) in [5.41, 5.74) is 2.59. The average Bonchev–Trinajstić information content (AvgIpc) is 3.25. The van der Waals surface area contributed by atoms with Gasteiger partial charge >= 0.3 is 0 Å². The topological polar surface area (TPSA) is 118 Å². The second-order valence-electron chi connectivity index (χ2n) is 6.09. The highest BCUT2D eigenvalue weighted by Crippen LogP contribution is 2.20. The molecule has 0 bridgehead atoms. The summed E-state index contributed by atoms with van der Waals surface area (Å²) in [6, 6.07) is 8.31. The fourth-order valence-electron chi connectivity index (χ4n) is 2.68. The van der Waals surface area contributed by atoms with Crippen molar-refractivity contribution in [2.45, 2.75) is 20.4 Å². The molecule has 2 aromatic heterocycles. The summed E-state index contributed by atoms with van der Waals surface area (Å²) >= 11 is 0. The van der Waals surface area contributed by atoms with Gasteiger partial charge < -0.3 is 10.6 Å². The second kappa shape index (κ2) is 7.75. The summed E-state index contributed by atoms with van der Waals surface area (Å²) in [7, 11) is 1.78. The van der Waals surface area contributed by atoms with Crippen LogP contribution in [0.25, 0.3) is 0 Å². The van der Waals surface area contributed by atoms with Gasteiger partial charge in [-0.05, 0) is 32.0 Å². The second-order valence-corrected chi connectivity index (χ2v) is 6.09. The lowest BCUT2D eigenvalue weighted by Gasteiger charge is -2.10. The van der Waals surface area contributed by atoms with E-state index in [9.17, 15) is 9.59 Å². The minimum atomic E-state index is -0.431. The molecule has 0 unspecified atom stereocenters. The lowest BCUT2D eigenvalue weighted by molar-refractivity contribution is 0.101. The van der Waals surface area contributed by atoms with Crippen LogP contribution in [0.3, 0.4) is 0 Å². The molecule has 142 valence electrons. The van der Waals surface area contributed by atoms with E-state index in [4.69, 9.17) is 5.26 Å². The summed E-state index contributed by atoms with van der Waals surface area (Å²) in [6.45, 7) is 4.14. The molecule has 2 amide bonds. The Morgan fingerprint density at radius 2 is 1.86 bits per heavy atom. The zero-order chi connectivity index (χ0) is 20.3. The Hall–Kier alpha value is -3.93. The van der Waals surface area contributed by atoms with Crippen molar-refractivity contribution in [3.8, 4) is 6.07 Å². The van der Waals surface area contributed by atoms with E-state index in [1.165, 1.54) is 16.9 Å². The lowest BCUT2D eigenvalue weighted by atomic mass is 10.1. The molecule has 3 aromatic rings. The number of nitrogens with one attached hydrogen (secondary N) is 2. The Bertz CT molecular complexity index is 1090. The fourth-order valence-corrected chi connectivity index (χ4v) is 2.68. The summed E-state index contributed by atoms with van der Waals surface area (Å²) in [4.78, 5) is 25.4. The number of amides is 2. The number of nitrogens with zero attached hydrogens (tertiary/aromatic N) is 5. The molecule has 28 heavy (non-hydrogen) atoms. The molecule has 0 fully saturated rings. The Balaban J connectivity index is 1.87. The third-order valence-corrected chi connectivity index (χ3v) is 4.34. The van der Waals surface area contributed by atoms with Gasteiger partial charge in [-0.2, -0.15) is 15.5 Å². The molecule has 0 spiro atoms. The van der Waals surface area contributed by atoms with Gasteiger partial charge in [0.2, 0.25) is 0 Å². The van der Waals surface area contributed by atoms with Crippen LogP contribution in [-0.2, 0) is 13.6 Å². The van der Waals surface area contributed by atoms with E-state index in [2.05, 4.69) is 20.8 Å². The Morgan fingerprint density at radius 3 is 2.50 bits per heavy atom. The summed E-state index contributed by atoms with van der Waals surface area (Å²) in [6.07, 6.45) is 2.99. The zero-order valence-corrected chi connectivity index (χ0v) is 15.7. The SMILES string of the molecule is CCn1ncc(NC(=O)c2cccc(C#N)c2)c1C(=O)Nc1cnn(C)c1C. The van der Waals surface area contributed by atoms with Crippen molar-refractivity contribution in [1.29, 1.82) is 5.26 Å². The number of hydrogen-bond acceptors (Lipinski definition) is 5. The Kier molecular flexibility index (Phi) is 5.22. The molecule has 0 saturated heterocycles. The van der Waals surface area contributed by atoms with Gasteiger partial charge in [-0.1, -0.05) is 6.07 Å². The minimum absolute atomic E-state index is 0.232. The van der Waals surface area contributed by atoms with Crippen molar-refractivity contribution < 1.29 is 9.59 Å². The Morgan fingerprint density at radius 1 is 1.14 bits per heavy atom. The first-order chi connectivity index (χ1) is 13.4. The molecule has 9 heteroatoms. The molecule has 0 saturated carbocycles. The van der Waals surface area contributed by atoms with E-state index in [1.54, 1.807) is 36.1 Å². The van der Waals surface area contributed by atoms with E-state index in [0.717, 1.165) is 5.69 Å². The van der Waals surface area contributed by atoms with Crippen LogP contribution in [0.1, 0.15) is 39.0 Å². The molecule has 9 nitrogen and oxygen atoms in total. The van der Waals surface area contributed by atoms with Gasteiger partial charge in [0.1, 0.15) is 5.69 Å². The monoisotopic (exact) mass is 377 g/mol. The minimum Gasteiger partial charge on any atom is -0.319 e. The number of carbonyl (C=O) groups is 2. The number of aromatic nitrogens is 4. The van der Waals surface area contributed by atoms with Crippen molar-refractivity contribution in [3.05, 3.63) is 59.2 Å². The van der Waals surface area contributed by atoms with Crippen LogP contribution in [0.2, 0.25) is 0 Å². The predicted octanol–water partition coefficient (Wildman–Crippen LogP) is 2.32. The van der Waals surface area contributed by atoms with Gasteiger partial charge in [0.25, 0.3) is 11.8 Å². The number of benzene rings is 1. The largest absolute Gasteiger partial charge is 0.319 e. The van der Waals surface area contributed by atoms with E-state index >= 15 is 0 Å². The number of hydrogen-bond donors (Lipinski definition) is 2. The van der Waals surface area contributed by atoms with Crippen LogP contribution in [-0.4, -0.2) is 31.4 Å². The quantitative estimate of drug-likeness (QED) is 0.707. The molecule has 2 N–H and O–H groups in total. The van der Waals surface area contributed by atoms with Gasteiger partial charge in [-0.25, -0.2) is 0 Å². The molecule has 2 heterocycles. The fraction of sp³-hybridized carbons (Fsp3) is 0.211. The van der Waals surface area contributed by atoms with Crippen molar-refractivity contribution >= 4 is 23.2 Å². The van der Waals surface area contributed by atoms with Crippen LogP contribution in [0, 0.1) is 18.3 Å². The highest BCUT2D eigenvalue weighted by molar-refractivity contribution is 6.11. The van der Waals surface area contributed by atoms with Crippen LogP contribution in [0.5, 0.6) is 0 Å². The summed E-state index contributed by atoms with van der Waals surface area (Å²) < 4.78 is 3.15. The van der Waals surface area contributed by atoms with Crippen molar-refractivity contribution in [1.82, 2.24) is 19.6 Å². The summed E-state index contributed by atoms with van der Waals surface area (Å²) in [5, 5.41) is 22.8. The van der Waals surface area contributed by atoms with Crippen molar-refractivity contribution in [3.63, 3.8) is 0 Å².